The number of aryl methyl sites for hydroxylation is 2. The molecule has 1 aromatic heterocycles. The number of rotatable bonds is 7. The fourth-order valence-corrected chi connectivity index (χ4v) is 6.23. The van der Waals surface area contributed by atoms with E-state index >= 15 is 0 Å². The maximum Gasteiger partial charge on any atom is 0.337 e. The zero-order chi connectivity index (χ0) is 28.8. The molecule has 210 valence electrons. The predicted octanol–water partition coefficient (Wildman–Crippen LogP) is 6.78. The van der Waals surface area contributed by atoms with Gasteiger partial charge in [-0.2, -0.15) is 8.42 Å². The highest BCUT2D eigenvalue weighted by Crippen LogP contribution is 2.42. The van der Waals surface area contributed by atoms with Crippen LogP contribution in [0.4, 0.5) is 5.69 Å². The average Bonchev–Trinajstić information content (AvgIpc) is 3.34. The van der Waals surface area contributed by atoms with Crippen LogP contribution in [0.1, 0.15) is 55.5 Å². The molecule has 0 bridgehead atoms. The SMILES string of the molecule is Cc1cc(NS(=O)(=O)c2cc3ccccc3o2)c(C)c(C(OC(C)(C)C)C(=O)O)c1-c1ccc2c(c1)CCCO2. The highest BCUT2D eigenvalue weighted by atomic mass is 32.2. The number of nitrogens with one attached hydrogen (secondary N) is 1. The van der Waals surface area contributed by atoms with Gasteiger partial charge in [0.2, 0.25) is 5.09 Å². The standard InChI is InChI=1S/C31H33NO7S/c1-18-15-23(32-40(35,36)26-17-21-9-6-7-11-25(21)38-26)19(2)28(29(30(33)34)39-31(3,4)5)27(18)22-12-13-24-20(16-22)10-8-14-37-24/h6-7,9,11-13,15-17,29,32H,8,10,14H2,1-5H3,(H,33,34). The number of carbonyl (C=O) groups is 1. The quantitative estimate of drug-likeness (QED) is 0.255. The summed E-state index contributed by atoms with van der Waals surface area (Å²) >= 11 is 0. The first-order valence-electron chi connectivity index (χ1n) is 13.2. The van der Waals surface area contributed by atoms with Crippen molar-refractivity contribution in [1.82, 2.24) is 0 Å². The number of furan rings is 1. The van der Waals surface area contributed by atoms with Crippen molar-refractivity contribution in [1.29, 1.82) is 0 Å². The van der Waals surface area contributed by atoms with Crippen molar-refractivity contribution in [3.63, 3.8) is 0 Å². The monoisotopic (exact) mass is 563 g/mol. The third-order valence-corrected chi connectivity index (χ3v) is 8.12. The van der Waals surface area contributed by atoms with Crippen molar-refractivity contribution in [2.75, 3.05) is 11.3 Å². The minimum Gasteiger partial charge on any atom is -0.493 e. The predicted molar refractivity (Wildman–Crippen MR) is 153 cm³/mol. The van der Waals surface area contributed by atoms with Crippen LogP contribution in [-0.2, 0) is 26.0 Å². The maximum absolute atomic E-state index is 13.4. The topological polar surface area (TPSA) is 115 Å². The Hall–Kier alpha value is -3.82. The van der Waals surface area contributed by atoms with Gasteiger partial charge in [0.1, 0.15) is 11.3 Å². The van der Waals surface area contributed by atoms with Crippen LogP contribution in [0.25, 0.3) is 22.1 Å². The average molecular weight is 564 g/mol. The van der Waals surface area contributed by atoms with Crippen molar-refractivity contribution in [3.8, 4) is 16.9 Å². The number of hydrogen-bond donors (Lipinski definition) is 2. The van der Waals surface area contributed by atoms with E-state index in [0.29, 0.717) is 39.8 Å². The van der Waals surface area contributed by atoms with Crippen LogP contribution in [0, 0.1) is 13.8 Å². The lowest BCUT2D eigenvalue weighted by molar-refractivity contribution is -0.160. The summed E-state index contributed by atoms with van der Waals surface area (Å²) in [6.45, 7) is 9.57. The first-order chi connectivity index (χ1) is 18.8. The molecule has 1 aliphatic rings. The summed E-state index contributed by atoms with van der Waals surface area (Å²) in [4.78, 5) is 12.7. The Morgan fingerprint density at radius 1 is 1.07 bits per heavy atom. The summed E-state index contributed by atoms with van der Waals surface area (Å²) < 4.78 is 47.0. The van der Waals surface area contributed by atoms with Gasteiger partial charge in [0.25, 0.3) is 10.0 Å². The molecule has 40 heavy (non-hydrogen) atoms. The normalized spacial score (nSPS) is 14.4. The van der Waals surface area contributed by atoms with E-state index in [0.717, 1.165) is 29.7 Å². The molecule has 1 aliphatic heterocycles. The van der Waals surface area contributed by atoms with Crippen molar-refractivity contribution >= 4 is 32.6 Å². The molecule has 4 aromatic rings. The Morgan fingerprint density at radius 3 is 2.52 bits per heavy atom. The number of para-hydroxylation sites is 1. The highest BCUT2D eigenvalue weighted by Gasteiger charge is 2.33. The Morgan fingerprint density at radius 2 is 1.82 bits per heavy atom. The molecule has 0 saturated heterocycles. The molecule has 0 fully saturated rings. The second kappa shape index (κ2) is 10.3. The smallest absolute Gasteiger partial charge is 0.337 e. The number of carboxylic acid groups (broad SMARTS) is 1. The molecule has 1 atom stereocenters. The largest absolute Gasteiger partial charge is 0.493 e. The molecular formula is C31H33NO7S. The number of ether oxygens (including phenoxy) is 2. The highest BCUT2D eigenvalue weighted by molar-refractivity contribution is 7.92. The van der Waals surface area contributed by atoms with Gasteiger partial charge in [-0.25, -0.2) is 4.79 Å². The van der Waals surface area contributed by atoms with Crippen molar-refractivity contribution in [2.45, 2.75) is 64.3 Å². The number of sulfonamides is 1. The van der Waals surface area contributed by atoms with Crippen LogP contribution >= 0.6 is 0 Å². The Balaban J connectivity index is 1.68. The zero-order valence-corrected chi connectivity index (χ0v) is 24.0. The number of hydrogen-bond acceptors (Lipinski definition) is 6. The van der Waals surface area contributed by atoms with E-state index in [1.165, 1.54) is 6.07 Å². The minimum absolute atomic E-state index is 0.230. The first kappa shape index (κ1) is 27.7. The van der Waals surface area contributed by atoms with Crippen LogP contribution < -0.4 is 9.46 Å². The third kappa shape index (κ3) is 5.44. The van der Waals surface area contributed by atoms with Gasteiger partial charge in [-0.3, -0.25) is 4.72 Å². The van der Waals surface area contributed by atoms with Crippen LogP contribution in [0.15, 0.2) is 64.1 Å². The van der Waals surface area contributed by atoms with Crippen LogP contribution in [0.5, 0.6) is 5.75 Å². The van der Waals surface area contributed by atoms with Gasteiger partial charge in [0.15, 0.2) is 6.10 Å². The molecule has 8 nitrogen and oxygen atoms in total. The van der Waals surface area contributed by atoms with Gasteiger partial charge < -0.3 is 19.0 Å². The lowest BCUT2D eigenvalue weighted by Gasteiger charge is -2.30. The molecule has 9 heteroatoms. The van der Waals surface area contributed by atoms with Gasteiger partial charge in [0, 0.05) is 17.0 Å². The van der Waals surface area contributed by atoms with Gasteiger partial charge in [-0.15, -0.1) is 0 Å². The third-order valence-electron chi connectivity index (χ3n) is 6.90. The molecule has 0 amide bonds. The molecule has 0 spiro atoms. The van der Waals surface area contributed by atoms with Crippen molar-refractivity contribution in [3.05, 3.63) is 76.9 Å². The fourth-order valence-electron chi connectivity index (χ4n) is 5.15. The summed E-state index contributed by atoms with van der Waals surface area (Å²) in [6.07, 6.45) is 0.401. The van der Waals surface area contributed by atoms with Crippen molar-refractivity contribution < 1.29 is 32.2 Å². The molecule has 2 N–H and O–H groups in total. The summed E-state index contributed by atoms with van der Waals surface area (Å²) in [7, 11) is -4.12. The summed E-state index contributed by atoms with van der Waals surface area (Å²) in [6, 6.07) is 16.1. The Kier molecular flexibility index (Phi) is 7.14. The molecule has 3 aromatic carbocycles. The maximum atomic E-state index is 13.4. The van der Waals surface area contributed by atoms with Crippen LogP contribution in [0.2, 0.25) is 0 Å². The van der Waals surface area contributed by atoms with E-state index in [2.05, 4.69) is 4.72 Å². The molecule has 0 saturated carbocycles. The summed E-state index contributed by atoms with van der Waals surface area (Å²) in [5.41, 5.74) is 4.01. The number of aliphatic carboxylic acids is 1. The van der Waals surface area contributed by atoms with E-state index in [1.54, 1.807) is 58.0 Å². The van der Waals surface area contributed by atoms with Crippen molar-refractivity contribution in [2.24, 2.45) is 0 Å². The first-order valence-corrected chi connectivity index (χ1v) is 14.6. The Bertz CT molecular complexity index is 1680. The second-order valence-corrected chi connectivity index (χ2v) is 12.7. The van der Waals surface area contributed by atoms with E-state index in [1.807, 2.05) is 25.1 Å². The lowest BCUT2D eigenvalue weighted by atomic mass is 9.86. The van der Waals surface area contributed by atoms with E-state index in [-0.39, 0.29) is 10.8 Å². The number of fused-ring (bicyclic) bond motifs is 2. The molecule has 2 heterocycles. The molecule has 0 radical (unpaired) electrons. The lowest BCUT2D eigenvalue weighted by Crippen LogP contribution is -2.28. The van der Waals surface area contributed by atoms with Gasteiger partial charge in [0.05, 0.1) is 17.9 Å². The second-order valence-electron chi connectivity index (χ2n) is 11.1. The molecule has 0 aliphatic carbocycles. The zero-order valence-electron chi connectivity index (χ0n) is 23.2. The fraction of sp³-hybridized carbons (Fsp3) is 0.323. The molecular weight excluding hydrogens is 530 g/mol. The summed E-state index contributed by atoms with van der Waals surface area (Å²) in [5.74, 6) is -0.348. The van der Waals surface area contributed by atoms with Gasteiger partial charge >= 0.3 is 5.97 Å². The van der Waals surface area contributed by atoms with Crippen LogP contribution in [-0.4, -0.2) is 31.7 Å². The Labute approximate surface area is 234 Å². The van der Waals surface area contributed by atoms with Gasteiger partial charge in [-0.1, -0.05) is 24.3 Å². The van der Waals surface area contributed by atoms with E-state index in [9.17, 15) is 18.3 Å². The van der Waals surface area contributed by atoms with E-state index in [4.69, 9.17) is 13.9 Å². The van der Waals surface area contributed by atoms with Gasteiger partial charge in [-0.05, 0) is 99.5 Å². The van der Waals surface area contributed by atoms with E-state index < -0.39 is 27.7 Å². The molecule has 5 rings (SSSR count). The minimum atomic E-state index is -4.12. The molecule has 1 unspecified atom stereocenters. The summed E-state index contributed by atoms with van der Waals surface area (Å²) in [5, 5.41) is 10.8. The number of benzene rings is 3. The van der Waals surface area contributed by atoms with Crippen LogP contribution in [0.3, 0.4) is 0 Å². The number of carboxylic acids is 1. The number of anilines is 1.